The van der Waals surface area contributed by atoms with Crippen LogP contribution in [0.15, 0.2) is 60.8 Å². The molecule has 1 unspecified atom stereocenters. The number of pyridine rings is 1. The van der Waals surface area contributed by atoms with Gasteiger partial charge in [-0.25, -0.2) is 4.79 Å². The molecule has 0 spiro atoms. The number of hydrogen-bond donors (Lipinski definition) is 2. The molecule has 166 valence electrons. The van der Waals surface area contributed by atoms with Gasteiger partial charge in [-0.3, -0.25) is 9.78 Å². The largest absolute Gasteiger partial charge is 0.460 e. The molecule has 1 saturated carbocycles. The average Bonchev–Trinajstić information content (AvgIpc) is 3.17. The predicted molar refractivity (Wildman–Crippen MR) is 120 cm³/mol. The Morgan fingerprint density at radius 1 is 1.16 bits per heavy atom. The maximum Gasteiger partial charge on any atom is 0.338 e. The van der Waals surface area contributed by atoms with E-state index in [9.17, 15) is 9.59 Å². The normalized spacial score (nSPS) is 18.1. The Balaban J connectivity index is 1.37. The first-order valence-electron chi connectivity index (χ1n) is 10.7. The summed E-state index contributed by atoms with van der Waals surface area (Å²) in [6, 6.07) is 16.5. The molecular weight excluding hydrogens is 408 g/mol. The molecule has 0 radical (unpaired) electrons. The third-order valence-corrected chi connectivity index (χ3v) is 5.61. The summed E-state index contributed by atoms with van der Waals surface area (Å²) in [5.74, 6) is -0.241. The van der Waals surface area contributed by atoms with Gasteiger partial charge in [0, 0.05) is 23.9 Å². The van der Waals surface area contributed by atoms with Crippen LogP contribution >= 0.6 is 0 Å². The highest BCUT2D eigenvalue weighted by molar-refractivity contribution is 5.94. The van der Waals surface area contributed by atoms with Crippen molar-refractivity contribution in [1.82, 2.24) is 4.98 Å². The van der Waals surface area contributed by atoms with Crippen LogP contribution in [0.5, 0.6) is 0 Å². The van der Waals surface area contributed by atoms with Gasteiger partial charge < -0.3 is 19.9 Å². The lowest BCUT2D eigenvalue weighted by Crippen LogP contribution is -2.33. The molecule has 2 N–H and O–H groups in total. The zero-order valence-electron chi connectivity index (χ0n) is 17.7. The second-order valence-corrected chi connectivity index (χ2v) is 7.84. The summed E-state index contributed by atoms with van der Waals surface area (Å²) in [7, 11) is 0. The van der Waals surface area contributed by atoms with Gasteiger partial charge >= 0.3 is 5.97 Å². The number of esters is 1. The molecule has 0 saturated heterocycles. The Kier molecular flexibility index (Phi) is 7.09. The Labute approximate surface area is 186 Å². The van der Waals surface area contributed by atoms with Gasteiger partial charge in [0.25, 0.3) is 0 Å². The molecule has 7 heteroatoms. The van der Waals surface area contributed by atoms with Crippen molar-refractivity contribution in [1.29, 1.82) is 0 Å². The molecule has 1 aromatic heterocycles. The molecule has 7 nitrogen and oxygen atoms in total. The highest BCUT2D eigenvalue weighted by Gasteiger charge is 2.35. The number of fused-ring (bicyclic) bond motifs is 1. The van der Waals surface area contributed by atoms with Crippen LogP contribution in [0.4, 0.5) is 5.69 Å². The molecule has 0 aliphatic heterocycles. The Morgan fingerprint density at radius 2 is 2.00 bits per heavy atom. The lowest BCUT2D eigenvalue weighted by Gasteiger charge is -2.21. The number of nitrogens with zero attached hydrogens (tertiary/aromatic N) is 1. The molecule has 1 aliphatic carbocycles. The SMILES string of the molecule is O=C(OCCO)c1cccc(COC[C@H]2CCC(=O)C2Nc2cccc3cccnc23)c1. The van der Waals surface area contributed by atoms with E-state index in [-0.39, 0.29) is 31.0 Å². The molecule has 0 amide bonds. The van der Waals surface area contributed by atoms with Gasteiger partial charge in [-0.15, -0.1) is 0 Å². The highest BCUT2D eigenvalue weighted by Crippen LogP contribution is 2.29. The summed E-state index contributed by atoms with van der Waals surface area (Å²) in [6.45, 7) is 0.518. The van der Waals surface area contributed by atoms with Crippen molar-refractivity contribution in [3.63, 3.8) is 0 Å². The molecule has 1 aliphatic rings. The summed E-state index contributed by atoms with van der Waals surface area (Å²) < 4.78 is 10.9. The Bertz CT molecular complexity index is 1100. The maximum absolute atomic E-state index is 12.6. The number of carbonyl (C=O) groups is 2. The summed E-state index contributed by atoms with van der Waals surface area (Å²) in [6.07, 6.45) is 3.04. The molecule has 3 aromatic rings. The minimum absolute atomic E-state index is 0.0319. The minimum atomic E-state index is -0.477. The zero-order chi connectivity index (χ0) is 22.3. The molecule has 32 heavy (non-hydrogen) atoms. The summed E-state index contributed by atoms with van der Waals surface area (Å²) in [4.78, 5) is 29.0. The van der Waals surface area contributed by atoms with Crippen LogP contribution in [0.25, 0.3) is 10.9 Å². The smallest absolute Gasteiger partial charge is 0.338 e. The first kappa shape index (κ1) is 21.9. The van der Waals surface area contributed by atoms with Gasteiger partial charge in [0.05, 0.1) is 42.6 Å². The number of benzene rings is 2. The zero-order valence-corrected chi connectivity index (χ0v) is 17.7. The quantitative estimate of drug-likeness (QED) is 0.498. The van der Waals surface area contributed by atoms with Crippen LogP contribution in [0.3, 0.4) is 0 Å². The van der Waals surface area contributed by atoms with E-state index in [1.807, 2.05) is 36.4 Å². The molecule has 1 heterocycles. The number of aliphatic hydroxyl groups excluding tert-OH is 1. The van der Waals surface area contributed by atoms with E-state index >= 15 is 0 Å². The average molecular weight is 434 g/mol. The van der Waals surface area contributed by atoms with E-state index in [0.29, 0.717) is 25.2 Å². The number of anilines is 1. The van der Waals surface area contributed by atoms with Crippen LogP contribution < -0.4 is 5.32 Å². The van der Waals surface area contributed by atoms with Crippen LogP contribution in [0.2, 0.25) is 0 Å². The lowest BCUT2D eigenvalue weighted by atomic mass is 10.0. The van der Waals surface area contributed by atoms with Gasteiger partial charge in [0.1, 0.15) is 6.61 Å². The number of hydrogen-bond acceptors (Lipinski definition) is 7. The van der Waals surface area contributed by atoms with E-state index in [0.717, 1.165) is 28.6 Å². The Morgan fingerprint density at radius 3 is 2.88 bits per heavy atom. The number of aromatic nitrogens is 1. The number of ketones is 1. The molecule has 2 atom stereocenters. The van der Waals surface area contributed by atoms with E-state index in [1.165, 1.54) is 0 Å². The van der Waals surface area contributed by atoms with Gasteiger partial charge in [-0.1, -0.05) is 30.3 Å². The number of carbonyl (C=O) groups excluding carboxylic acids is 2. The number of nitrogens with one attached hydrogen (secondary N) is 1. The van der Waals surface area contributed by atoms with Crippen molar-refractivity contribution in [2.24, 2.45) is 5.92 Å². The van der Waals surface area contributed by atoms with Crippen LogP contribution in [0.1, 0.15) is 28.8 Å². The van der Waals surface area contributed by atoms with Gasteiger partial charge in [0.15, 0.2) is 5.78 Å². The van der Waals surface area contributed by atoms with Crippen molar-refractivity contribution >= 4 is 28.3 Å². The monoisotopic (exact) mass is 434 g/mol. The van der Waals surface area contributed by atoms with Crippen molar-refractivity contribution in [2.45, 2.75) is 25.5 Å². The van der Waals surface area contributed by atoms with Gasteiger partial charge in [-0.2, -0.15) is 0 Å². The van der Waals surface area contributed by atoms with E-state index < -0.39 is 5.97 Å². The second kappa shape index (κ2) is 10.3. The van der Waals surface area contributed by atoms with Crippen LogP contribution in [-0.4, -0.2) is 47.7 Å². The number of para-hydroxylation sites is 1. The predicted octanol–water partition coefficient (Wildman–Crippen LogP) is 3.36. The van der Waals surface area contributed by atoms with E-state index in [1.54, 1.807) is 24.4 Å². The molecule has 4 rings (SSSR count). The minimum Gasteiger partial charge on any atom is -0.460 e. The third-order valence-electron chi connectivity index (χ3n) is 5.61. The van der Waals surface area contributed by atoms with Crippen molar-refractivity contribution < 1.29 is 24.2 Å². The first-order chi connectivity index (χ1) is 15.7. The number of ether oxygens (including phenoxy) is 2. The fraction of sp³-hybridized carbons (Fsp3) is 0.320. The Hall–Kier alpha value is -3.29. The van der Waals surface area contributed by atoms with E-state index in [2.05, 4.69) is 10.3 Å². The van der Waals surface area contributed by atoms with Gasteiger partial charge in [0.2, 0.25) is 0 Å². The fourth-order valence-corrected chi connectivity index (χ4v) is 4.02. The van der Waals surface area contributed by atoms with Crippen molar-refractivity contribution in [3.05, 3.63) is 71.9 Å². The maximum atomic E-state index is 12.6. The second-order valence-electron chi connectivity index (χ2n) is 7.84. The molecular formula is C25H26N2O5. The van der Waals surface area contributed by atoms with Crippen molar-refractivity contribution in [3.8, 4) is 0 Å². The topological polar surface area (TPSA) is 97.8 Å². The number of Topliss-reactive ketones (excluding diaryl/α,β-unsaturated/α-hetero) is 1. The summed E-state index contributed by atoms with van der Waals surface area (Å²) >= 11 is 0. The number of rotatable bonds is 9. The summed E-state index contributed by atoms with van der Waals surface area (Å²) in [5, 5.41) is 13.2. The first-order valence-corrected chi connectivity index (χ1v) is 10.7. The van der Waals surface area contributed by atoms with Crippen LogP contribution in [-0.2, 0) is 20.9 Å². The molecule has 0 bridgehead atoms. The molecule has 2 aromatic carbocycles. The lowest BCUT2D eigenvalue weighted by molar-refractivity contribution is -0.118. The molecule has 1 fully saturated rings. The van der Waals surface area contributed by atoms with E-state index in [4.69, 9.17) is 14.6 Å². The fourth-order valence-electron chi connectivity index (χ4n) is 4.02. The van der Waals surface area contributed by atoms with Gasteiger partial charge in [-0.05, 0) is 36.2 Å². The van der Waals surface area contributed by atoms with Crippen LogP contribution in [0, 0.1) is 5.92 Å². The standard InChI is InChI=1S/C25H26N2O5/c28-12-13-32-25(30)19-6-1-4-17(14-19)15-31-16-20-9-10-22(29)24(20)27-21-8-2-5-18-7-3-11-26-23(18)21/h1-8,11,14,20,24,27-28H,9-10,12-13,15-16H2/t20-,24?/m1/s1. The highest BCUT2D eigenvalue weighted by atomic mass is 16.5. The van der Waals surface area contributed by atoms with Crippen molar-refractivity contribution in [2.75, 3.05) is 25.1 Å². The summed E-state index contributed by atoms with van der Waals surface area (Å²) in [5.41, 5.74) is 2.95. The third kappa shape index (κ3) is 5.12. The number of aliphatic hydroxyl groups is 1.